The molecule has 4 atom stereocenters. The summed E-state index contributed by atoms with van der Waals surface area (Å²) in [5, 5.41) is 26.0. The van der Waals surface area contributed by atoms with Gasteiger partial charge in [-0.1, -0.05) is 43.1 Å². The molecule has 10 heteroatoms. The smallest absolute Gasteiger partial charge is 0.309 e. The summed E-state index contributed by atoms with van der Waals surface area (Å²) in [7, 11) is 1.52. The van der Waals surface area contributed by atoms with Crippen LogP contribution in [0, 0.1) is 22.7 Å². The van der Waals surface area contributed by atoms with Crippen molar-refractivity contribution >= 4 is 35.1 Å². The summed E-state index contributed by atoms with van der Waals surface area (Å²) >= 11 is 13.2. The van der Waals surface area contributed by atoms with E-state index < -0.39 is 17.5 Å². The van der Waals surface area contributed by atoms with Gasteiger partial charge >= 0.3 is 5.97 Å². The Morgan fingerprint density at radius 2 is 1.82 bits per heavy atom. The maximum absolute atomic E-state index is 14.1. The number of carbonyl (C=O) groups is 2. The second-order valence-corrected chi connectivity index (χ2v) is 13.1. The van der Waals surface area contributed by atoms with Crippen LogP contribution in [0.3, 0.4) is 0 Å². The van der Waals surface area contributed by atoms with Crippen molar-refractivity contribution in [2.24, 2.45) is 22.7 Å². The number of aliphatic carboxylic acids is 1. The number of carbonyl (C=O) groups excluding carboxylic acids is 1. The summed E-state index contributed by atoms with van der Waals surface area (Å²) in [5.41, 5.74) is 0.275. The number of hydrogen-bond donors (Lipinski definition) is 2. The Labute approximate surface area is 239 Å². The van der Waals surface area contributed by atoms with Gasteiger partial charge in [-0.15, -0.1) is 0 Å². The van der Waals surface area contributed by atoms with Crippen LogP contribution in [0.5, 0.6) is 5.75 Å². The first kappa shape index (κ1) is 28.2. The zero-order chi connectivity index (χ0) is 28.3. The number of methoxy groups -OCH3 is 1. The highest BCUT2D eigenvalue weighted by Gasteiger charge is 2.63. The zero-order valence-electron chi connectivity index (χ0n) is 22.9. The van der Waals surface area contributed by atoms with Crippen LogP contribution in [0.2, 0.25) is 10.2 Å². The van der Waals surface area contributed by atoms with Crippen molar-refractivity contribution in [3.05, 3.63) is 45.7 Å². The SMILES string of the molecule is COc1cccc(Cl)c1C(O)CN(C(=O)c1cnn(C2CCC(C)(C(=O)O)CC2)c1Cl)C1C[C@@H]2[C@H](C1)C2(C)C. The molecule has 212 valence electrons. The molecule has 3 aliphatic rings. The van der Waals surface area contributed by atoms with Crippen molar-refractivity contribution in [2.45, 2.75) is 77.5 Å². The molecule has 5 rings (SSSR count). The fraction of sp³-hybridized carbons (Fsp3) is 0.621. The topological polar surface area (TPSA) is 105 Å². The van der Waals surface area contributed by atoms with Gasteiger partial charge in [0.15, 0.2) is 0 Å². The second kappa shape index (κ2) is 10.3. The largest absolute Gasteiger partial charge is 0.496 e. The molecule has 3 fully saturated rings. The summed E-state index contributed by atoms with van der Waals surface area (Å²) in [6.45, 7) is 6.37. The molecular weight excluding hydrogens is 541 g/mol. The average molecular weight is 579 g/mol. The Kier molecular flexibility index (Phi) is 7.44. The van der Waals surface area contributed by atoms with E-state index in [9.17, 15) is 19.8 Å². The summed E-state index contributed by atoms with van der Waals surface area (Å²) in [4.78, 5) is 27.5. The molecule has 1 aromatic carbocycles. The number of halogens is 2. The number of ether oxygens (including phenoxy) is 1. The first-order valence-electron chi connectivity index (χ1n) is 13.7. The molecular formula is C29H37Cl2N3O5. The molecule has 0 saturated heterocycles. The number of rotatable bonds is 8. The monoisotopic (exact) mass is 577 g/mol. The van der Waals surface area contributed by atoms with E-state index in [1.54, 1.807) is 34.7 Å². The molecule has 0 bridgehead atoms. The summed E-state index contributed by atoms with van der Waals surface area (Å²) in [6.07, 6.45) is 4.47. The van der Waals surface area contributed by atoms with Crippen molar-refractivity contribution < 1.29 is 24.5 Å². The lowest BCUT2D eigenvalue weighted by Crippen LogP contribution is -2.43. The standard InChI is InChI=1S/C29H37Cl2N3O5/c1-28(2)19-12-17(13-20(19)28)33(15-22(35)24-21(30)6-5-7-23(24)39-4)26(36)18-14-32-34(25(18)31)16-8-10-29(3,11-9-16)27(37)38/h5-7,14,16-17,19-20,22,35H,8-13,15H2,1-4H3,(H,37,38)/t16?,17?,19-,20+,22?,29?. The van der Waals surface area contributed by atoms with Gasteiger partial charge in [0.25, 0.3) is 5.91 Å². The molecule has 2 aromatic rings. The van der Waals surface area contributed by atoms with E-state index in [0.29, 0.717) is 59.4 Å². The van der Waals surface area contributed by atoms with Crippen LogP contribution in [0.4, 0.5) is 0 Å². The fourth-order valence-electron chi connectivity index (χ4n) is 7.02. The Morgan fingerprint density at radius 3 is 2.41 bits per heavy atom. The van der Waals surface area contributed by atoms with Crippen molar-refractivity contribution in [2.75, 3.05) is 13.7 Å². The van der Waals surface area contributed by atoms with Gasteiger partial charge in [-0.3, -0.25) is 14.3 Å². The molecule has 0 spiro atoms. The number of aliphatic hydroxyl groups is 1. The van der Waals surface area contributed by atoms with Crippen molar-refractivity contribution in [3.8, 4) is 5.75 Å². The summed E-state index contributed by atoms with van der Waals surface area (Å²) in [5.74, 6) is 0.508. The Morgan fingerprint density at radius 1 is 1.18 bits per heavy atom. The van der Waals surface area contributed by atoms with Crippen LogP contribution in [-0.4, -0.2) is 56.5 Å². The van der Waals surface area contributed by atoms with Gasteiger partial charge in [0.05, 0.1) is 41.9 Å². The maximum Gasteiger partial charge on any atom is 0.309 e. The third-order valence-electron chi connectivity index (χ3n) is 9.86. The van der Waals surface area contributed by atoms with E-state index in [1.807, 2.05) is 0 Å². The van der Waals surface area contributed by atoms with Crippen molar-refractivity contribution in [3.63, 3.8) is 0 Å². The van der Waals surface area contributed by atoms with E-state index in [2.05, 4.69) is 18.9 Å². The molecule has 0 aliphatic heterocycles. The number of nitrogens with zero attached hydrogens (tertiary/aromatic N) is 3. The van der Waals surface area contributed by atoms with Crippen LogP contribution in [0.15, 0.2) is 24.4 Å². The van der Waals surface area contributed by atoms with Gasteiger partial charge in [-0.05, 0) is 74.8 Å². The molecule has 1 aromatic heterocycles. The first-order valence-corrected chi connectivity index (χ1v) is 14.4. The normalized spacial score (nSPS) is 29.9. The summed E-state index contributed by atoms with van der Waals surface area (Å²) < 4.78 is 7.11. The molecule has 1 heterocycles. The lowest BCUT2D eigenvalue weighted by atomic mass is 9.74. The lowest BCUT2D eigenvalue weighted by molar-refractivity contribution is -0.150. The van der Waals surface area contributed by atoms with E-state index in [0.717, 1.165) is 12.8 Å². The predicted molar refractivity (Wildman–Crippen MR) is 148 cm³/mol. The van der Waals surface area contributed by atoms with E-state index in [4.69, 9.17) is 27.9 Å². The molecule has 3 aliphatic carbocycles. The Balaban J connectivity index is 1.39. The number of aromatic nitrogens is 2. The van der Waals surface area contributed by atoms with Gasteiger partial charge in [-0.25, -0.2) is 0 Å². The summed E-state index contributed by atoms with van der Waals surface area (Å²) in [6, 6.07) is 5.09. The molecule has 1 amide bonds. The quantitative estimate of drug-likeness (QED) is 0.397. The highest BCUT2D eigenvalue weighted by Crippen LogP contribution is 2.67. The Hall–Kier alpha value is -2.29. The van der Waals surface area contributed by atoms with E-state index in [-0.39, 0.29) is 35.1 Å². The number of carboxylic acid groups (broad SMARTS) is 1. The first-order chi connectivity index (χ1) is 18.4. The molecule has 0 radical (unpaired) electrons. The van der Waals surface area contributed by atoms with Crippen LogP contribution < -0.4 is 4.74 Å². The average Bonchev–Trinajstić information content (AvgIpc) is 3.27. The molecule has 8 nitrogen and oxygen atoms in total. The van der Waals surface area contributed by atoms with Crippen molar-refractivity contribution in [1.82, 2.24) is 14.7 Å². The number of amides is 1. The minimum Gasteiger partial charge on any atom is -0.496 e. The van der Waals surface area contributed by atoms with Crippen LogP contribution in [-0.2, 0) is 4.79 Å². The molecule has 2 unspecified atom stereocenters. The third kappa shape index (κ3) is 4.93. The van der Waals surface area contributed by atoms with E-state index in [1.165, 1.54) is 13.3 Å². The Bertz CT molecular complexity index is 1260. The maximum atomic E-state index is 14.1. The minimum atomic E-state index is -1.05. The fourth-order valence-corrected chi connectivity index (χ4v) is 7.63. The molecule has 39 heavy (non-hydrogen) atoms. The number of hydrogen-bond acceptors (Lipinski definition) is 5. The van der Waals surface area contributed by atoms with Gasteiger partial charge in [-0.2, -0.15) is 5.10 Å². The number of aliphatic hydroxyl groups excluding tert-OH is 1. The van der Waals surface area contributed by atoms with Crippen LogP contribution in [0.25, 0.3) is 0 Å². The minimum absolute atomic E-state index is 0.0333. The lowest BCUT2D eigenvalue weighted by Gasteiger charge is -2.34. The van der Waals surface area contributed by atoms with Gasteiger partial charge < -0.3 is 19.8 Å². The second-order valence-electron chi connectivity index (χ2n) is 12.4. The predicted octanol–water partition coefficient (Wildman–Crippen LogP) is 6.01. The van der Waals surface area contributed by atoms with Gasteiger partial charge in [0, 0.05) is 11.6 Å². The number of benzene rings is 1. The molecule has 2 N–H and O–H groups in total. The molecule has 3 saturated carbocycles. The van der Waals surface area contributed by atoms with Crippen molar-refractivity contribution in [1.29, 1.82) is 0 Å². The van der Waals surface area contributed by atoms with Gasteiger partial charge in [0.1, 0.15) is 17.0 Å². The number of fused-ring (bicyclic) bond motifs is 1. The zero-order valence-corrected chi connectivity index (χ0v) is 24.4. The van der Waals surface area contributed by atoms with Crippen LogP contribution >= 0.6 is 23.2 Å². The number of carboxylic acids is 1. The van der Waals surface area contributed by atoms with Gasteiger partial charge in [0.2, 0.25) is 0 Å². The highest BCUT2D eigenvalue weighted by molar-refractivity contribution is 6.33. The van der Waals surface area contributed by atoms with E-state index >= 15 is 0 Å². The van der Waals surface area contributed by atoms with Crippen LogP contribution in [0.1, 0.15) is 87.4 Å². The highest BCUT2D eigenvalue weighted by atomic mass is 35.5. The third-order valence-corrected chi connectivity index (χ3v) is 10.6.